The predicted molar refractivity (Wildman–Crippen MR) is 124 cm³/mol. The van der Waals surface area contributed by atoms with Gasteiger partial charge in [0.25, 0.3) is 0 Å². The lowest BCUT2D eigenvalue weighted by Gasteiger charge is -2.57. The minimum absolute atomic E-state index is 0.174. The van der Waals surface area contributed by atoms with Gasteiger partial charge < -0.3 is 5.11 Å². The molecule has 8 atom stereocenters. The molecule has 0 spiro atoms. The normalized spacial score (nSPS) is 43.6. The molecule has 168 valence electrons. The summed E-state index contributed by atoms with van der Waals surface area (Å²) in [5.74, 6) is 3.99. The van der Waals surface area contributed by atoms with Crippen LogP contribution in [-0.2, 0) is 4.79 Å². The first kappa shape index (κ1) is 22.3. The maximum atomic E-state index is 12.1. The fraction of sp³-hybridized carbons (Fsp3) is 0.821. The van der Waals surface area contributed by atoms with Crippen LogP contribution in [-0.4, -0.2) is 16.5 Å². The molecule has 0 saturated heterocycles. The van der Waals surface area contributed by atoms with Gasteiger partial charge in [-0.3, -0.25) is 4.79 Å². The number of aliphatic hydroxyl groups is 1. The van der Waals surface area contributed by atoms with Gasteiger partial charge in [-0.05, 0) is 92.8 Å². The number of hydrogen-bond donors (Lipinski definition) is 1. The molecule has 0 bridgehead atoms. The third kappa shape index (κ3) is 3.55. The molecular formula is C28H44O2. The van der Waals surface area contributed by atoms with E-state index < -0.39 is 5.60 Å². The second kappa shape index (κ2) is 7.61. The zero-order valence-electron chi connectivity index (χ0n) is 20.2. The van der Waals surface area contributed by atoms with Crippen LogP contribution in [0.3, 0.4) is 0 Å². The maximum Gasteiger partial charge on any atom is 0.133 e. The van der Waals surface area contributed by atoms with E-state index in [9.17, 15) is 9.90 Å². The molecule has 4 aliphatic rings. The van der Waals surface area contributed by atoms with Gasteiger partial charge in [-0.2, -0.15) is 0 Å². The van der Waals surface area contributed by atoms with E-state index in [0.29, 0.717) is 34.4 Å². The van der Waals surface area contributed by atoms with Crippen molar-refractivity contribution >= 4 is 5.78 Å². The molecule has 0 aromatic rings. The van der Waals surface area contributed by atoms with Crippen LogP contribution in [0.2, 0.25) is 0 Å². The summed E-state index contributed by atoms with van der Waals surface area (Å²) in [6, 6.07) is 0. The van der Waals surface area contributed by atoms with Gasteiger partial charge in [0.15, 0.2) is 0 Å². The van der Waals surface area contributed by atoms with Crippen molar-refractivity contribution in [3.05, 3.63) is 23.8 Å². The van der Waals surface area contributed by atoms with E-state index in [1.807, 2.05) is 13.8 Å². The van der Waals surface area contributed by atoms with E-state index in [2.05, 4.69) is 45.9 Å². The Morgan fingerprint density at radius 2 is 1.77 bits per heavy atom. The molecule has 0 heterocycles. The number of allylic oxidation sites excluding steroid dienone is 3. The average Bonchev–Trinajstić information content (AvgIpc) is 3.03. The topological polar surface area (TPSA) is 37.3 Å². The van der Waals surface area contributed by atoms with Crippen molar-refractivity contribution in [2.45, 2.75) is 98.5 Å². The van der Waals surface area contributed by atoms with Gasteiger partial charge in [0, 0.05) is 18.8 Å². The van der Waals surface area contributed by atoms with Gasteiger partial charge in [-0.25, -0.2) is 0 Å². The van der Waals surface area contributed by atoms with Crippen LogP contribution in [0.1, 0.15) is 92.9 Å². The second-order valence-electron chi connectivity index (χ2n) is 12.4. The monoisotopic (exact) mass is 412 g/mol. The third-order valence-electron chi connectivity index (χ3n) is 10.4. The van der Waals surface area contributed by atoms with Gasteiger partial charge in [-0.15, -0.1) is 0 Å². The van der Waals surface area contributed by atoms with E-state index in [1.54, 1.807) is 5.57 Å². The Morgan fingerprint density at radius 1 is 1.07 bits per heavy atom. The molecule has 1 N–H and O–H groups in total. The van der Waals surface area contributed by atoms with Crippen LogP contribution in [0.4, 0.5) is 0 Å². The molecule has 8 unspecified atom stereocenters. The first-order chi connectivity index (χ1) is 14.0. The molecule has 0 aliphatic heterocycles. The number of rotatable bonds is 4. The summed E-state index contributed by atoms with van der Waals surface area (Å²) in [7, 11) is 0. The van der Waals surface area contributed by atoms with E-state index in [1.165, 1.54) is 25.7 Å². The molecule has 0 radical (unpaired) electrons. The van der Waals surface area contributed by atoms with Gasteiger partial charge in [-0.1, -0.05) is 51.5 Å². The Kier molecular flexibility index (Phi) is 5.66. The van der Waals surface area contributed by atoms with Crippen LogP contribution < -0.4 is 0 Å². The summed E-state index contributed by atoms with van der Waals surface area (Å²) in [6.07, 6.45) is 16.4. The zero-order chi connectivity index (χ0) is 21.9. The molecule has 3 saturated carbocycles. The lowest BCUT2D eigenvalue weighted by molar-refractivity contribution is -0.127. The molecule has 3 fully saturated rings. The lowest BCUT2D eigenvalue weighted by atomic mass is 9.48. The van der Waals surface area contributed by atoms with Crippen molar-refractivity contribution in [1.82, 2.24) is 0 Å². The molecular weight excluding hydrogens is 368 g/mol. The van der Waals surface area contributed by atoms with E-state index in [-0.39, 0.29) is 5.92 Å². The fourth-order valence-corrected chi connectivity index (χ4v) is 7.92. The van der Waals surface area contributed by atoms with Crippen LogP contribution in [0, 0.1) is 46.3 Å². The molecule has 2 nitrogen and oxygen atoms in total. The summed E-state index contributed by atoms with van der Waals surface area (Å²) in [4.78, 5) is 12.1. The summed E-state index contributed by atoms with van der Waals surface area (Å²) in [6.45, 7) is 13.4. The van der Waals surface area contributed by atoms with E-state index in [0.717, 1.165) is 37.5 Å². The number of Topliss-reactive ketones (excluding diaryl/α,β-unsaturated/α-hetero) is 1. The van der Waals surface area contributed by atoms with Crippen LogP contribution in [0.15, 0.2) is 23.8 Å². The number of hydrogen-bond acceptors (Lipinski definition) is 2. The Hall–Kier alpha value is -0.890. The molecule has 4 rings (SSSR count). The Morgan fingerprint density at radius 3 is 2.47 bits per heavy atom. The number of fused-ring (bicyclic) bond motifs is 5. The summed E-state index contributed by atoms with van der Waals surface area (Å²) in [5.41, 5.74) is 1.87. The van der Waals surface area contributed by atoms with Gasteiger partial charge in [0.1, 0.15) is 5.78 Å². The van der Waals surface area contributed by atoms with Gasteiger partial charge in [0.05, 0.1) is 5.60 Å². The van der Waals surface area contributed by atoms with Crippen molar-refractivity contribution in [2.24, 2.45) is 46.3 Å². The lowest BCUT2D eigenvalue weighted by Crippen LogP contribution is -2.49. The minimum Gasteiger partial charge on any atom is -0.390 e. The highest BCUT2D eigenvalue weighted by Gasteiger charge is 2.58. The molecule has 4 aliphatic carbocycles. The van der Waals surface area contributed by atoms with Crippen molar-refractivity contribution in [3.63, 3.8) is 0 Å². The highest BCUT2D eigenvalue weighted by Crippen LogP contribution is 2.66. The Balaban J connectivity index is 1.54. The first-order valence-electron chi connectivity index (χ1n) is 12.6. The maximum absolute atomic E-state index is 12.1. The van der Waals surface area contributed by atoms with Crippen molar-refractivity contribution in [3.8, 4) is 0 Å². The van der Waals surface area contributed by atoms with Crippen LogP contribution in [0.25, 0.3) is 0 Å². The third-order valence-corrected chi connectivity index (χ3v) is 10.4. The summed E-state index contributed by atoms with van der Waals surface area (Å²) >= 11 is 0. The first-order valence-corrected chi connectivity index (χ1v) is 12.6. The highest BCUT2D eigenvalue weighted by atomic mass is 16.3. The summed E-state index contributed by atoms with van der Waals surface area (Å²) < 4.78 is 0. The molecule has 0 amide bonds. The fourth-order valence-electron chi connectivity index (χ4n) is 7.92. The predicted octanol–water partition coefficient (Wildman–Crippen LogP) is 6.73. The minimum atomic E-state index is -0.656. The SMILES string of the molecule is CC(C=CC(C)C(C)(C)O)C1CCC2C3=CCC4CC(=O)CCC4(C)C3CCC21C. The van der Waals surface area contributed by atoms with Crippen LogP contribution >= 0.6 is 0 Å². The second-order valence-corrected chi connectivity index (χ2v) is 12.4. The molecule has 2 heteroatoms. The van der Waals surface area contributed by atoms with Crippen molar-refractivity contribution < 1.29 is 9.90 Å². The van der Waals surface area contributed by atoms with E-state index >= 15 is 0 Å². The zero-order valence-corrected chi connectivity index (χ0v) is 20.2. The highest BCUT2D eigenvalue weighted by molar-refractivity contribution is 5.79. The van der Waals surface area contributed by atoms with Gasteiger partial charge >= 0.3 is 0 Å². The Bertz CT molecular complexity index is 740. The van der Waals surface area contributed by atoms with Crippen molar-refractivity contribution in [2.75, 3.05) is 0 Å². The quantitative estimate of drug-likeness (QED) is 0.520. The summed E-state index contributed by atoms with van der Waals surface area (Å²) in [5, 5.41) is 10.3. The van der Waals surface area contributed by atoms with Gasteiger partial charge in [0.2, 0.25) is 0 Å². The van der Waals surface area contributed by atoms with Crippen molar-refractivity contribution in [1.29, 1.82) is 0 Å². The smallest absolute Gasteiger partial charge is 0.133 e. The number of ketones is 1. The molecule has 0 aromatic heterocycles. The number of carbonyl (C=O) groups excluding carboxylic acids is 1. The van der Waals surface area contributed by atoms with E-state index in [4.69, 9.17) is 0 Å². The average molecular weight is 413 g/mol. The molecule has 0 aromatic carbocycles. The van der Waals surface area contributed by atoms with Crippen LogP contribution in [0.5, 0.6) is 0 Å². The largest absolute Gasteiger partial charge is 0.390 e. The number of carbonyl (C=O) groups is 1. The standard InChI is InChI=1S/C28H44O2/c1-18(7-8-19(2)26(3,4)30)23-11-12-24-22-10-9-20-17-21(29)13-15-27(20,5)25(22)14-16-28(23,24)6/h7-8,10,18-20,23-25,30H,9,11-17H2,1-6H3. The molecule has 30 heavy (non-hydrogen) atoms. The Labute approximate surface area is 184 Å².